The molecule has 9 heteroatoms. The Hall–Kier alpha value is -4.63. The molecule has 0 spiro atoms. The summed E-state index contributed by atoms with van der Waals surface area (Å²) in [5.74, 6) is 0.317. The summed E-state index contributed by atoms with van der Waals surface area (Å²) in [4.78, 5) is 13.4. The van der Waals surface area contributed by atoms with Gasteiger partial charge in [-0.15, -0.1) is 0 Å². The molecular formula is C30H25FN6O2. The third-order valence-corrected chi connectivity index (χ3v) is 7.16. The summed E-state index contributed by atoms with van der Waals surface area (Å²) in [7, 11) is 1.91. The largest absolute Gasteiger partial charge is 0.436 e. The number of benzene rings is 2. The lowest BCUT2D eigenvalue weighted by molar-refractivity contribution is -0.0383. The maximum absolute atomic E-state index is 13.8. The third kappa shape index (κ3) is 4.51. The first-order chi connectivity index (χ1) is 19.1. The molecule has 0 bridgehead atoms. The van der Waals surface area contributed by atoms with Gasteiger partial charge in [-0.25, -0.2) is 19.3 Å². The zero-order chi connectivity index (χ0) is 26.3. The van der Waals surface area contributed by atoms with E-state index in [2.05, 4.69) is 27.1 Å². The Labute approximate surface area is 223 Å². The molecule has 6 aromatic rings. The van der Waals surface area contributed by atoms with Gasteiger partial charge in [0, 0.05) is 30.6 Å². The third-order valence-electron chi connectivity index (χ3n) is 7.16. The zero-order valence-corrected chi connectivity index (χ0v) is 21.2. The van der Waals surface area contributed by atoms with E-state index >= 15 is 0 Å². The van der Waals surface area contributed by atoms with Gasteiger partial charge in [-0.2, -0.15) is 5.10 Å². The number of halogens is 1. The van der Waals surface area contributed by atoms with Crippen molar-refractivity contribution in [3.05, 3.63) is 97.1 Å². The van der Waals surface area contributed by atoms with Crippen LogP contribution in [0.3, 0.4) is 0 Å². The Morgan fingerprint density at radius 1 is 0.974 bits per heavy atom. The Morgan fingerprint density at radius 2 is 1.79 bits per heavy atom. The van der Waals surface area contributed by atoms with Crippen molar-refractivity contribution in [2.24, 2.45) is 7.05 Å². The molecule has 1 aliphatic carbocycles. The quantitative estimate of drug-likeness (QED) is 0.249. The van der Waals surface area contributed by atoms with E-state index in [0.717, 1.165) is 35.0 Å². The summed E-state index contributed by atoms with van der Waals surface area (Å²) in [5.41, 5.74) is 5.41. The number of ether oxygens (including phenoxy) is 1. The maximum Gasteiger partial charge on any atom is 0.230 e. The van der Waals surface area contributed by atoms with Crippen LogP contribution >= 0.6 is 0 Å². The smallest absolute Gasteiger partial charge is 0.230 e. The number of aryl methyl sites for hydroxylation is 1. The normalized spacial score (nSPS) is 17.0. The molecule has 194 valence electrons. The van der Waals surface area contributed by atoms with Gasteiger partial charge in [-0.3, -0.25) is 4.68 Å². The van der Waals surface area contributed by atoms with Crippen molar-refractivity contribution in [2.45, 2.75) is 31.6 Å². The van der Waals surface area contributed by atoms with Crippen molar-refractivity contribution in [3.63, 3.8) is 0 Å². The number of hydrogen-bond acceptors (Lipinski definition) is 6. The molecule has 4 heterocycles. The van der Waals surface area contributed by atoms with Crippen molar-refractivity contribution >= 4 is 11.1 Å². The zero-order valence-electron chi connectivity index (χ0n) is 21.2. The minimum absolute atomic E-state index is 0.178. The van der Waals surface area contributed by atoms with E-state index in [1.807, 2.05) is 53.0 Å². The lowest BCUT2D eigenvalue weighted by atomic mass is 9.89. The van der Waals surface area contributed by atoms with Crippen LogP contribution < -0.4 is 0 Å². The minimum Gasteiger partial charge on any atom is -0.436 e. The van der Waals surface area contributed by atoms with Crippen LogP contribution in [0.1, 0.15) is 24.4 Å². The second-order valence-electron chi connectivity index (χ2n) is 9.90. The Kier molecular flexibility index (Phi) is 5.78. The van der Waals surface area contributed by atoms with Gasteiger partial charge < -0.3 is 13.7 Å². The Morgan fingerprint density at radius 3 is 2.56 bits per heavy atom. The highest BCUT2D eigenvalue weighted by molar-refractivity contribution is 5.95. The molecule has 0 radical (unpaired) electrons. The first-order valence-electron chi connectivity index (χ1n) is 12.8. The summed E-state index contributed by atoms with van der Waals surface area (Å²) in [5, 5.41) is 5.73. The summed E-state index contributed by atoms with van der Waals surface area (Å²) in [6.45, 7) is 0.599. The molecule has 1 aliphatic rings. The van der Waals surface area contributed by atoms with Crippen molar-refractivity contribution in [1.82, 2.24) is 29.3 Å². The van der Waals surface area contributed by atoms with Crippen LogP contribution in [0.4, 0.5) is 4.39 Å². The number of rotatable bonds is 7. The Balaban J connectivity index is 1.22. The molecule has 7 rings (SSSR count). The average Bonchev–Trinajstić information content (AvgIpc) is 3.67. The van der Waals surface area contributed by atoms with Crippen LogP contribution in [0.25, 0.3) is 45.1 Å². The molecule has 1 saturated carbocycles. The van der Waals surface area contributed by atoms with E-state index in [1.54, 1.807) is 18.5 Å². The van der Waals surface area contributed by atoms with Gasteiger partial charge in [0.05, 0.1) is 36.2 Å². The maximum atomic E-state index is 13.8. The van der Waals surface area contributed by atoms with Crippen LogP contribution in [0.5, 0.6) is 0 Å². The van der Waals surface area contributed by atoms with Gasteiger partial charge in [0.15, 0.2) is 5.76 Å². The fourth-order valence-corrected chi connectivity index (χ4v) is 4.99. The Bertz CT molecular complexity index is 1750. The van der Waals surface area contributed by atoms with Gasteiger partial charge in [-0.1, -0.05) is 30.3 Å². The van der Waals surface area contributed by atoms with E-state index in [0.29, 0.717) is 29.5 Å². The molecule has 0 saturated heterocycles. The standard InChI is InChI=1S/C30H25FN6O2/c1-36-15-26(34-18-36)27-13-24-29(32-17-33-30(24)39-27)25-14-37(35-28(25)20-7-9-21(31)10-8-20)22-11-23(12-22)38-16-19-5-3-2-4-6-19/h2-10,13-15,17-18,22-23H,11-12,16H2,1H3. The summed E-state index contributed by atoms with van der Waals surface area (Å²) < 4.78 is 29.8. The molecule has 0 N–H and O–H groups in total. The van der Waals surface area contributed by atoms with Gasteiger partial charge >= 0.3 is 0 Å². The van der Waals surface area contributed by atoms with Crippen LogP contribution in [0, 0.1) is 5.82 Å². The molecular weight excluding hydrogens is 495 g/mol. The fraction of sp³-hybridized carbons (Fsp3) is 0.200. The summed E-state index contributed by atoms with van der Waals surface area (Å²) in [6, 6.07) is 18.7. The molecule has 8 nitrogen and oxygen atoms in total. The number of nitrogens with zero attached hydrogens (tertiary/aromatic N) is 6. The van der Waals surface area contributed by atoms with Crippen molar-refractivity contribution in [2.75, 3.05) is 0 Å². The number of hydrogen-bond donors (Lipinski definition) is 0. The highest BCUT2D eigenvalue weighted by atomic mass is 19.1. The molecule has 0 amide bonds. The second-order valence-corrected chi connectivity index (χ2v) is 9.90. The van der Waals surface area contributed by atoms with Gasteiger partial charge in [0.25, 0.3) is 0 Å². The van der Waals surface area contributed by atoms with E-state index < -0.39 is 0 Å². The molecule has 0 atom stereocenters. The number of furan rings is 1. The number of imidazole rings is 1. The summed E-state index contributed by atoms with van der Waals surface area (Å²) in [6.07, 6.45) is 9.04. The van der Waals surface area contributed by atoms with Crippen molar-refractivity contribution in [3.8, 4) is 34.0 Å². The first-order valence-corrected chi connectivity index (χ1v) is 12.8. The monoisotopic (exact) mass is 520 g/mol. The van der Waals surface area contributed by atoms with E-state index in [4.69, 9.17) is 14.3 Å². The van der Waals surface area contributed by atoms with Crippen molar-refractivity contribution in [1.29, 1.82) is 0 Å². The van der Waals surface area contributed by atoms with Crippen LogP contribution in [0.15, 0.2) is 90.1 Å². The lowest BCUT2D eigenvalue weighted by Gasteiger charge is -2.35. The van der Waals surface area contributed by atoms with Crippen LogP contribution in [0.2, 0.25) is 0 Å². The molecule has 0 aliphatic heterocycles. The van der Waals surface area contributed by atoms with E-state index in [9.17, 15) is 4.39 Å². The lowest BCUT2D eigenvalue weighted by Crippen LogP contribution is -2.33. The second kappa shape index (κ2) is 9.59. The molecule has 39 heavy (non-hydrogen) atoms. The van der Waals surface area contributed by atoms with Crippen LogP contribution in [-0.4, -0.2) is 35.4 Å². The number of fused-ring (bicyclic) bond motifs is 1. The van der Waals surface area contributed by atoms with Gasteiger partial charge in [0.2, 0.25) is 5.71 Å². The number of aromatic nitrogens is 6. The predicted molar refractivity (Wildman–Crippen MR) is 144 cm³/mol. The average molecular weight is 521 g/mol. The highest BCUT2D eigenvalue weighted by Gasteiger charge is 2.33. The molecule has 0 unspecified atom stereocenters. The van der Waals surface area contributed by atoms with E-state index in [1.165, 1.54) is 24.0 Å². The topological polar surface area (TPSA) is 83.8 Å². The first kappa shape index (κ1) is 23.5. The van der Waals surface area contributed by atoms with Crippen molar-refractivity contribution < 1.29 is 13.5 Å². The predicted octanol–water partition coefficient (Wildman–Crippen LogP) is 6.21. The molecule has 1 fully saturated rings. The van der Waals surface area contributed by atoms with Gasteiger partial charge in [-0.05, 0) is 48.7 Å². The summed E-state index contributed by atoms with van der Waals surface area (Å²) >= 11 is 0. The highest BCUT2D eigenvalue weighted by Crippen LogP contribution is 2.40. The van der Waals surface area contributed by atoms with Gasteiger partial charge in [0.1, 0.15) is 23.5 Å². The van der Waals surface area contributed by atoms with E-state index in [-0.39, 0.29) is 18.0 Å². The SMILES string of the molecule is Cn1cnc(-c2cc3c(-c4cn(C5CC(OCc6ccccc6)C5)nc4-c4ccc(F)cc4)ncnc3o2)c1. The molecule has 2 aromatic carbocycles. The minimum atomic E-state index is -0.295. The fourth-order valence-electron chi connectivity index (χ4n) is 4.99. The molecule has 4 aromatic heterocycles. The van der Waals surface area contributed by atoms with Crippen LogP contribution in [-0.2, 0) is 18.4 Å².